The largest absolute Gasteiger partial charge is 0.369 e. The van der Waals surface area contributed by atoms with Crippen molar-refractivity contribution in [2.75, 3.05) is 7.11 Å². The van der Waals surface area contributed by atoms with Crippen molar-refractivity contribution >= 4 is 12.2 Å². The number of methoxy groups -OCH3 is 1. The number of nitrogens with zero attached hydrogens (tertiary/aromatic N) is 1. The van der Waals surface area contributed by atoms with Gasteiger partial charge in [-0.3, -0.25) is 0 Å². The summed E-state index contributed by atoms with van der Waals surface area (Å²) >= 11 is 5.07. The molecule has 3 nitrogen and oxygen atoms in total. The molecule has 0 aliphatic heterocycles. The Morgan fingerprint density at radius 2 is 2.00 bits per heavy atom. The van der Waals surface area contributed by atoms with Gasteiger partial charge in [-0.2, -0.15) is 0 Å². The van der Waals surface area contributed by atoms with Crippen molar-refractivity contribution in [2.24, 2.45) is 0 Å². The predicted octanol–water partition coefficient (Wildman–Crippen LogP) is 2.87. The molecule has 0 fully saturated rings. The van der Waals surface area contributed by atoms with Crippen molar-refractivity contribution in [3.05, 3.63) is 58.6 Å². The molecular formula is C12H12N2OS. The second kappa shape index (κ2) is 5.01. The Hall–Kier alpha value is -1.52. The Bertz CT molecular complexity index is 510. The van der Waals surface area contributed by atoms with E-state index in [-0.39, 0.29) is 6.10 Å². The normalized spacial score (nSPS) is 12.3. The van der Waals surface area contributed by atoms with Gasteiger partial charge in [0.2, 0.25) is 0 Å². The van der Waals surface area contributed by atoms with Crippen molar-refractivity contribution in [1.82, 2.24) is 9.97 Å². The lowest BCUT2D eigenvalue weighted by atomic mass is 10.1. The summed E-state index contributed by atoms with van der Waals surface area (Å²) < 4.78 is 6.09. The minimum absolute atomic E-state index is 0.205. The fourth-order valence-electron chi connectivity index (χ4n) is 1.55. The summed E-state index contributed by atoms with van der Waals surface area (Å²) in [6.07, 6.45) is 1.48. The summed E-state index contributed by atoms with van der Waals surface area (Å²) in [6, 6.07) is 11.7. The van der Waals surface area contributed by atoms with Gasteiger partial charge in [-0.25, -0.2) is 4.98 Å². The number of rotatable bonds is 3. The monoisotopic (exact) mass is 232 g/mol. The summed E-state index contributed by atoms with van der Waals surface area (Å²) in [5.41, 5.74) is 1.05. The highest BCUT2D eigenvalue weighted by molar-refractivity contribution is 7.71. The van der Waals surface area contributed by atoms with E-state index in [2.05, 4.69) is 9.97 Å². The van der Waals surface area contributed by atoms with Gasteiger partial charge < -0.3 is 9.72 Å². The van der Waals surface area contributed by atoms with Gasteiger partial charge >= 0.3 is 0 Å². The average molecular weight is 232 g/mol. The highest BCUT2D eigenvalue weighted by Gasteiger charge is 2.14. The first kappa shape index (κ1) is 11.0. The molecule has 0 saturated carbocycles. The molecule has 16 heavy (non-hydrogen) atoms. The van der Waals surface area contributed by atoms with Crippen LogP contribution >= 0.6 is 12.2 Å². The van der Waals surface area contributed by atoms with Gasteiger partial charge in [0.25, 0.3) is 0 Å². The van der Waals surface area contributed by atoms with E-state index in [1.165, 1.54) is 0 Å². The number of ether oxygens (including phenoxy) is 1. The highest BCUT2D eigenvalue weighted by atomic mass is 32.1. The van der Waals surface area contributed by atoms with E-state index >= 15 is 0 Å². The highest BCUT2D eigenvalue weighted by Crippen LogP contribution is 2.21. The minimum Gasteiger partial charge on any atom is -0.369 e. The Morgan fingerprint density at radius 3 is 2.62 bits per heavy atom. The van der Waals surface area contributed by atoms with Crippen LogP contribution in [0.5, 0.6) is 0 Å². The molecule has 1 unspecified atom stereocenters. The molecule has 0 amide bonds. The zero-order valence-electron chi connectivity index (χ0n) is 8.88. The number of hydrogen-bond acceptors (Lipinski definition) is 3. The summed E-state index contributed by atoms with van der Waals surface area (Å²) in [6.45, 7) is 0. The maximum Gasteiger partial charge on any atom is 0.140 e. The van der Waals surface area contributed by atoms with E-state index in [1.54, 1.807) is 19.4 Å². The number of hydrogen-bond donors (Lipinski definition) is 1. The van der Waals surface area contributed by atoms with Gasteiger partial charge in [-0.05, 0) is 11.6 Å². The fourth-order valence-corrected chi connectivity index (χ4v) is 1.72. The topological polar surface area (TPSA) is 37.9 Å². The third-order valence-electron chi connectivity index (χ3n) is 2.28. The second-order valence-corrected chi connectivity index (χ2v) is 3.79. The summed E-state index contributed by atoms with van der Waals surface area (Å²) in [7, 11) is 1.66. The maximum absolute atomic E-state index is 5.44. The number of benzene rings is 1. The number of nitrogens with one attached hydrogen (secondary N) is 1. The molecule has 82 valence electrons. The van der Waals surface area contributed by atoms with Gasteiger partial charge in [0.1, 0.15) is 16.6 Å². The third kappa shape index (κ3) is 2.35. The van der Waals surface area contributed by atoms with E-state index < -0.39 is 0 Å². The van der Waals surface area contributed by atoms with Crippen LogP contribution in [0.1, 0.15) is 17.5 Å². The van der Waals surface area contributed by atoms with Crippen molar-refractivity contribution in [3.8, 4) is 0 Å². The van der Waals surface area contributed by atoms with Crippen molar-refractivity contribution in [2.45, 2.75) is 6.10 Å². The molecule has 0 spiro atoms. The van der Waals surface area contributed by atoms with Gasteiger partial charge in [-0.1, -0.05) is 42.5 Å². The van der Waals surface area contributed by atoms with Crippen molar-refractivity contribution in [3.63, 3.8) is 0 Å². The van der Waals surface area contributed by atoms with E-state index in [0.29, 0.717) is 4.64 Å². The number of aromatic amines is 1. The van der Waals surface area contributed by atoms with Crippen LogP contribution < -0.4 is 0 Å². The summed E-state index contributed by atoms with van der Waals surface area (Å²) in [4.78, 5) is 7.28. The second-order valence-electron chi connectivity index (χ2n) is 3.35. The zero-order chi connectivity index (χ0) is 11.4. The molecule has 0 aliphatic rings. The predicted molar refractivity (Wildman–Crippen MR) is 64.7 cm³/mol. The quantitative estimate of drug-likeness (QED) is 0.827. The summed E-state index contributed by atoms with van der Waals surface area (Å²) in [5, 5.41) is 0. The Labute approximate surface area is 99.1 Å². The molecule has 1 heterocycles. The first-order chi connectivity index (χ1) is 7.81. The van der Waals surface area contributed by atoms with Crippen LogP contribution in [0.25, 0.3) is 0 Å². The van der Waals surface area contributed by atoms with Crippen LogP contribution in [0.15, 0.2) is 42.6 Å². The lowest BCUT2D eigenvalue weighted by Crippen LogP contribution is -2.07. The number of H-pyrrole nitrogens is 1. The molecule has 1 aromatic carbocycles. The molecule has 4 heteroatoms. The molecule has 2 aromatic rings. The van der Waals surface area contributed by atoms with E-state index in [4.69, 9.17) is 17.0 Å². The molecule has 2 rings (SSSR count). The van der Waals surface area contributed by atoms with Crippen LogP contribution in [-0.2, 0) is 4.74 Å². The zero-order valence-corrected chi connectivity index (χ0v) is 9.70. The smallest absolute Gasteiger partial charge is 0.140 e. The molecule has 0 radical (unpaired) electrons. The molecule has 0 bridgehead atoms. The molecule has 0 aliphatic carbocycles. The molecule has 0 saturated heterocycles. The van der Waals surface area contributed by atoms with Crippen LogP contribution in [0, 0.1) is 4.64 Å². The molecule has 1 N–H and O–H groups in total. The van der Waals surface area contributed by atoms with Crippen LogP contribution in [0.2, 0.25) is 0 Å². The Kier molecular flexibility index (Phi) is 3.44. The fraction of sp³-hybridized carbons (Fsp3) is 0.167. The molecule has 1 aromatic heterocycles. The van der Waals surface area contributed by atoms with E-state index in [1.807, 2.05) is 30.3 Å². The summed E-state index contributed by atoms with van der Waals surface area (Å²) in [5.74, 6) is 0.723. The first-order valence-electron chi connectivity index (χ1n) is 4.94. The van der Waals surface area contributed by atoms with E-state index in [9.17, 15) is 0 Å². The lowest BCUT2D eigenvalue weighted by Gasteiger charge is -2.14. The minimum atomic E-state index is -0.205. The maximum atomic E-state index is 5.44. The van der Waals surface area contributed by atoms with Gasteiger partial charge in [-0.15, -0.1) is 0 Å². The number of aromatic nitrogens is 2. The SMILES string of the molecule is COC(c1ccccc1)c1nccc(=S)[nH]1. The lowest BCUT2D eigenvalue weighted by molar-refractivity contribution is 0.129. The van der Waals surface area contributed by atoms with Crippen LogP contribution in [-0.4, -0.2) is 17.1 Å². The van der Waals surface area contributed by atoms with Gasteiger partial charge in [0, 0.05) is 13.3 Å². The first-order valence-corrected chi connectivity index (χ1v) is 5.35. The van der Waals surface area contributed by atoms with Crippen LogP contribution in [0.4, 0.5) is 0 Å². The van der Waals surface area contributed by atoms with Crippen molar-refractivity contribution in [1.29, 1.82) is 0 Å². The molecular weight excluding hydrogens is 220 g/mol. The molecule has 1 atom stereocenters. The third-order valence-corrected chi connectivity index (χ3v) is 2.52. The van der Waals surface area contributed by atoms with E-state index in [0.717, 1.165) is 11.4 Å². The Morgan fingerprint density at radius 1 is 1.25 bits per heavy atom. The van der Waals surface area contributed by atoms with Crippen molar-refractivity contribution < 1.29 is 4.74 Å². The van der Waals surface area contributed by atoms with Crippen LogP contribution in [0.3, 0.4) is 0 Å². The van der Waals surface area contributed by atoms with Gasteiger partial charge in [0.15, 0.2) is 0 Å². The average Bonchev–Trinajstić information content (AvgIpc) is 2.31. The van der Waals surface area contributed by atoms with Gasteiger partial charge in [0.05, 0.1) is 0 Å². The standard InChI is InChI=1S/C12H12N2OS/c1-15-11(9-5-3-2-4-6-9)12-13-8-7-10(16)14-12/h2-8,11H,1H3,(H,13,14,16). The Balaban J connectivity index is 2.41.